The highest BCUT2D eigenvalue weighted by molar-refractivity contribution is 7.92. The molecule has 1 heterocycles. The SMILES string of the molecule is COC(=O)C(Cc1ccc(NS(C)(=O)=O)cc1)NC(=O)C1CCCN1S(=O)(=O)c1ccc(C)cc1. The van der Waals surface area contributed by atoms with E-state index in [1.165, 1.54) is 23.5 Å². The Kier molecular flexibility index (Phi) is 8.18. The monoisotopic (exact) mass is 523 g/mol. The van der Waals surface area contributed by atoms with Crippen LogP contribution in [0, 0.1) is 6.92 Å². The van der Waals surface area contributed by atoms with Gasteiger partial charge in [0.1, 0.15) is 12.1 Å². The predicted octanol–water partition coefficient (Wildman–Crippen LogP) is 1.42. The van der Waals surface area contributed by atoms with Gasteiger partial charge in [-0.25, -0.2) is 21.6 Å². The third kappa shape index (κ3) is 6.80. The molecular formula is C23H29N3O7S2. The highest BCUT2D eigenvalue weighted by Crippen LogP contribution is 2.26. The lowest BCUT2D eigenvalue weighted by molar-refractivity contribution is -0.145. The van der Waals surface area contributed by atoms with Gasteiger partial charge in [-0.3, -0.25) is 9.52 Å². The first kappa shape index (κ1) is 26.6. The Bertz CT molecular complexity index is 1280. The van der Waals surface area contributed by atoms with E-state index in [0.29, 0.717) is 24.1 Å². The average molecular weight is 524 g/mol. The highest BCUT2D eigenvalue weighted by Gasteiger charge is 2.40. The molecule has 1 amide bonds. The van der Waals surface area contributed by atoms with Gasteiger partial charge in [0.2, 0.25) is 26.0 Å². The van der Waals surface area contributed by atoms with E-state index < -0.39 is 44.0 Å². The fourth-order valence-corrected chi connectivity index (χ4v) is 6.12. The summed E-state index contributed by atoms with van der Waals surface area (Å²) in [5.74, 6) is -1.26. The molecule has 12 heteroatoms. The van der Waals surface area contributed by atoms with Gasteiger partial charge in [0, 0.05) is 18.7 Å². The minimum absolute atomic E-state index is 0.0784. The maximum atomic E-state index is 13.2. The number of hydrogen-bond donors (Lipinski definition) is 2. The molecule has 0 aromatic heterocycles. The minimum atomic E-state index is -3.89. The molecule has 2 aromatic carbocycles. The molecule has 10 nitrogen and oxygen atoms in total. The number of sulfonamides is 2. The van der Waals surface area contributed by atoms with Crippen molar-refractivity contribution in [3.05, 3.63) is 59.7 Å². The number of benzene rings is 2. The first-order chi connectivity index (χ1) is 16.4. The van der Waals surface area contributed by atoms with Crippen molar-refractivity contribution in [2.45, 2.75) is 43.2 Å². The zero-order valence-electron chi connectivity index (χ0n) is 19.7. The van der Waals surface area contributed by atoms with Crippen LogP contribution in [0.15, 0.2) is 53.4 Å². The van der Waals surface area contributed by atoms with E-state index in [4.69, 9.17) is 4.74 Å². The summed E-state index contributed by atoms with van der Waals surface area (Å²) in [6.07, 6.45) is 1.96. The van der Waals surface area contributed by atoms with Gasteiger partial charge in [-0.15, -0.1) is 0 Å². The number of esters is 1. The highest BCUT2D eigenvalue weighted by atomic mass is 32.2. The Morgan fingerprint density at radius 1 is 1.06 bits per heavy atom. The van der Waals surface area contributed by atoms with Gasteiger partial charge in [0.15, 0.2) is 0 Å². The summed E-state index contributed by atoms with van der Waals surface area (Å²) < 4.78 is 57.4. The Morgan fingerprint density at radius 2 is 1.69 bits per heavy atom. The van der Waals surface area contributed by atoms with Crippen LogP contribution in [-0.2, 0) is 40.8 Å². The van der Waals surface area contributed by atoms with Crippen LogP contribution in [0.25, 0.3) is 0 Å². The Morgan fingerprint density at radius 3 is 2.26 bits per heavy atom. The molecule has 35 heavy (non-hydrogen) atoms. The van der Waals surface area contributed by atoms with E-state index in [1.807, 2.05) is 6.92 Å². The van der Waals surface area contributed by atoms with Gasteiger partial charge in [0.05, 0.1) is 18.3 Å². The van der Waals surface area contributed by atoms with Crippen molar-refractivity contribution in [2.24, 2.45) is 0 Å². The van der Waals surface area contributed by atoms with Gasteiger partial charge >= 0.3 is 5.97 Å². The molecule has 190 valence electrons. The van der Waals surface area contributed by atoms with Gasteiger partial charge in [0.25, 0.3) is 0 Å². The lowest BCUT2D eigenvalue weighted by Crippen LogP contribution is -2.51. The molecule has 1 aliphatic rings. The maximum Gasteiger partial charge on any atom is 0.328 e. The first-order valence-electron chi connectivity index (χ1n) is 10.9. The molecule has 0 bridgehead atoms. The molecular weight excluding hydrogens is 494 g/mol. The normalized spacial score (nSPS) is 17.5. The second-order valence-electron chi connectivity index (χ2n) is 8.45. The number of aryl methyl sites for hydroxylation is 1. The first-order valence-corrected chi connectivity index (χ1v) is 14.3. The summed E-state index contributed by atoms with van der Waals surface area (Å²) in [7, 11) is -6.12. The molecule has 3 rings (SSSR count). The number of amides is 1. The van der Waals surface area contributed by atoms with Crippen LogP contribution in [0.2, 0.25) is 0 Å². The van der Waals surface area contributed by atoms with Gasteiger partial charge in [-0.2, -0.15) is 4.31 Å². The van der Waals surface area contributed by atoms with Crippen LogP contribution >= 0.6 is 0 Å². The quantitative estimate of drug-likeness (QED) is 0.474. The van der Waals surface area contributed by atoms with Gasteiger partial charge in [-0.05, 0) is 49.6 Å². The van der Waals surface area contributed by atoms with Crippen LogP contribution in [0.3, 0.4) is 0 Å². The number of nitrogens with one attached hydrogen (secondary N) is 2. The fraction of sp³-hybridized carbons (Fsp3) is 0.391. The van der Waals surface area contributed by atoms with Crippen molar-refractivity contribution < 1.29 is 31.2 Å². The Balaban J connectivity index is 1.75. The maximum absolute atomic E-state index is 13.2. The third-order valence-corrected chi connectivity index (χ3v) is 8.16. The smallest absolute Gasteiger partial charge is 0.328 e. The number of ether oxygens (including phenoxy) is 1. The van der Waals surface area contributed by atoms with Crippen LogP contribution < -0.4 is 10.0 Å². The van der Waals surface area contributed by atoms with Crippen LogP contribution in [-0.4, -0.2) is 65.0 Å². The van der Waals surface area contributed by atoms with E-state index >= 15 is 0 Å². The molecule has 2 aromatic rings. The molecule has 2 unspecified atom stereocenters. The summed E-state index contributed by atoms with van der Waals surface area (Å²) in [4.78, 5) is 25.6. The van der Waals surface area contributed by atoms with Crippen LogP contribution in [0.5, 0.6) is 0 Å². The van der Waals surface area contributed by atoms with E-state index in [1.54, 1.807) is 36.4 Å². The second-order valence-corrected chi connectivity index (χ2v) is 12.1. The number of carbonyl (C=O) groups excluding carboxylic acids is 2. The molecule has 0 radical (unpaired) electrons. The van der Waals surface area contributed by atoms with E-state index in [-0.39, 0.29) is 17.9 Å². The van der Waals surface area contributed by atoms with E-state index in [9.17, 15) is 26.4 Å². The summed E-state index contributed by atoms with van der Waals surface area (Å²) in [6, 6.07) is 10.7. The van der Waals surface area contributed by atoms with Crippen molar-refractivity contribution in [2.75, 3.05) is 24.6 Å². The molecule has 2 atom stereocenters. The molecule has 0 aliphatic carbocycles. The lowest BCUT2D eigenvalue weighted by Gasteiger charge is -2.25. The topological polar surface area (TPSA) is 139 Å². The number of methoxy groups -OCH3 is 1. The van der Waals surface area contributed by atoms with Gasteiger partial charge in [-0.1, -0.05) is 29.8 Å². The predicted molar refractivity (Wildman–Crippen MR) is 131 cm³/mol. The Labute approximate surface area is 205 Å². The zero-order valence-corrected chi connectivity index (χ0v) is 21.4. The summed E-state index contributed by atoms with van der Waals surface area (Å²) in [5, 5.41) is 2.64. The lowest BCUT2D eigenvalue weighted by atomic mass is 10.0. The molecule has 0 spiro atoms. The number of hydrogen-bond acceptors (Lipinski definition) is 7. The summed E-state index contributed by atoms with van der Waals surface area (Å²) in [6.45, 7) is 2.05. The Hall–Kier alpha value is -2.96. The fourth-order valence-electron chi connectivity index (χ4n) is 3.90. The van der Waals surface area contributed by atoms with Crippen LogP contribution in [0.4, 0.5) is 5.69 Å². The number of anilines is 1. The number of nitrogens with zero attached hydrogens (tertiary/aromatic N) is 1. The number of carbonyl (C=O) groups is 2. The van der Waals surface area contributed by atoms with Crippen LogP contribution in [0.1, 0.15) is 24.0 Å². The second kappa shape index (κ2) is 10.8. The molecule has 1 fully saturated rings. The summed E-state index contributed by atoms with van der Waals surface area (Å²) in [5.41, 5.74) is 1.92. The van der Waals surface area contributed by atoms with E-state index in [0.717, 1.165) is 11.8 Å². The van der Waals surface area contributed by atoms with Gasteiger partial charge < -0.3 is 10.1 Å². The van der Waals surface area contributed by atoms with Crippen molar-refractivity contribution in [1.82, 2.24) is 9.62 Å². The largest absolute Gasteiger partial charge is 0.467 e. The summed E-state index contributed by atoms with van der Waals surface area (Å²) >= 11 is 0. The average Bonchev–Trinajstić information content (AvgIpc) is 3.30. The molecule has 2 N–H and O–H groups in total. The third-order valence-electron chi connectivity index (χ3n) is 5.63. The molecule has 0 saturated carbocycles. The van der Waals surface area contributed by atoms with Crippen molar-refractivity contribution in [3.63, 3.8) is 0 Å². The molecule has 1 aliphatic heterocycles. The standard InChI is InChI=1S/C23H29N3O7S2/c1-16-6-12-19(13-7-16)35(31,32)26-14-4-5-21(26)22(27)24-20(23(28)33-2)15-17-8-10-18(11-9-17)25-34(3,29)30/h6-13,20-21,25H,4-5,14-15H2,1-3H3,(H,24,27). The molecule has 1 saturated heterocycles. The van der Waals surface area contributed by atoms with E-state index in [2.05, 4.69) is 10.0 Å². The zero-order chi connectivity index (χ0) is 25.8. The van der Waals surface area contributed by atoms with Crippen molar-refractivity contribution in [3.8, 4) is 0 Å². The van der Waals surface area contributed by atoms with Crippen molar-refractivity contribution >= 4 is 37.6 Å². The number of rotatable bonds is 9. The van der Waals surface area contributed by atoms with Crippen molar-refractivity contribution in [1.29, 1.82) is 0 Å². The minimum Gasteiger partial charge on any atom is -0.467 e.